The maximum absolute atomic E-state index is 13.2. The van der Waals surface area contributed by atoms with E-state index in [-0.39, 0.29) is 5.82 Å². The molecule has 2 aromatic carbocycles. The molecule has 3 aromatic rings. The Morgan fingerprint density at radius 3 is 2.56 bits per heavy atom. The first-order valence-corrected chi connectivity index (χ1v) is 5.34. The summed E-state index contributed by atoms with van der Waals surface area (Å²) >= 11 is 0. The van der Waals surface area contributed by atoms with E-state index in [0.717, 1.165) is 0 Å². The number of aromatic nitrogens is 2. The quantitative estimate of drug-likeness (QED) is 0.647. The summed E-state index contributed by atoms with van der Waals surface area (Å²) in [5.74, 6) is -0.330. The molecule has 0 saturated heterocycles. The van der Waals surface area contributed by atoms with Gasteiger partial charge in [-0.15, -0.1) is 0 Å². The number of imidazole rings is 1. The van der Waals surface area contributed by atoms with Gasteiger partial charge < -0.3 is 10.7 Å². The van der Waals surface area contributed by atoms with Gasteiger partial charge in [0.2, 0.25) is 0 Å². The summed E-state index contributed by atoms with van der Waals surface area (Å²) in [7, 11) is 0. The largest absolute Gasteiger partial charge is 0.398 e. The second kappa shape index (κ2) is 3.80. The Balaban J connectivity index is 2.22. The number of anilines is 1. The number of hydrogen-bond donors (Lipinski definition) is 2. The number of aromatic amines is 1. The van der Waals surface area contributed by atoms with E-state index in [1.165, 1.54) is 30.3 Å². The molecule has 0 saturated carbocycles. The highest BCUT2D eigenvalue weighted by atomic mass is 19.1. The third-order valence-electron chi connectivity index (χ3n) is 2.71. The van der Waals surface area contributed by atoms with Gasteiger partial charge in [-0.25, -0.2) is 13.8 Å². The molecule has 3 rings (SSSR count). The summed E-state index contributed by atoms with van der Waals surface area (Å²) in [5, 5.41) is 0. The van der Waals surface area contributed by atoms with Crippen molar-refractivity contribution in [2.75, 3.05) is 5.73 Å². The predicted molar refractivity (Wildman–Crippen MR) is 65.9 cm³/mol. The lowest BCUT2D eigenvalue weighted by molar-refractivity contribution is 0.628. The standard InChI is InChI=1S/C13H9F2N3/c14-7-1-3-10(16)9(5-7)13-17-11-4-2-8(15)6-12(11)18-13/h1-6H,16H2,(H,17,18). The molecule has 1 aromatic heterocycles. The molecule has 0 aliphatic rings. The molecule has 0 aliphatic carbocycles. The minimum absolute atomic E-state index is 0.357. The molecule has 90 valence electrons. The fraction of sp³-hybridized carbons (Fsp3) is 0. The SMILES string of the molecule is Nc1ccc(F)cc1-c1nc2ccc(F)cc2[nH]1. The Hall–Kier alpha value is -2.43. The van der Waals surface area contributed by atoms with Crippen LogP contribution in [-0.4, -0.2) is 9.97 Å². The number of nitrogens with two attached hydrogens (primary N) is 1. The Bertz CT molecular complexity index is 734. The molecule has 0 amide bonds. The zero-order valence-corrected chi connectivity index (χ0v) is 9.24. The van der Waals surface area contributed by atoms with Crippen molar-refractivity contribution in [2.45, 2.75) is 0 Å². The van der Waals surface area contributed by atoms with Crippen LogP contribution >= 0.6 is 0 Å². The third kappa shape index (κ3) is 1.69. The van der Waals surface area contributed by atoms with Gasteiger partial charge in [-0.2, -0.15) is 0 Å². The lowest BCUT2D eigenvalue weighted by Gasteiger charge is -2.01. The van der Waals surface area contributed by atoms with E-state index in [1.54, 1.807) is 6.07 Å². The minimum atomic E-state index is -0.397. The Kier molecular flexibility index (Phi) is 2.26. The van der Waals surface area contributed by atoms with Gasteiger partial charge >= 0.3 is 0 Å². The van der Waals surface area contributed by atoms with Crippen molar-refractivity contribution >= 4 is 16.7 Å². The average Bonchev–Trinajstić information content (AvgIpc) is 2.74. The van der Waals surface area contributed by atoms with Crippen LogP contribution in [0.25, 0.3) is 22.4 Å². The molecule has 0 aliphatic heterocycles. The molecule has 18 heavy (non-hydrogen) atoms. The summed E-state index contributed by atoms with van der Waals surface area (Å²) in [6.07, 6.45) is 0. The number of hydrogen-bond acceptors (Lipinski definition) is 2. The zero-order chi connectivity index (χ0) is 12.7. The van der Waals surface area contributed by atoms with Crippen molar-refractivity contribution in [3.63, 3.8) is 0 Å². The molecule has 3 N–H and O–H groups in total. The van der Waals surface area contributed by atoms with Crippen molar-refractivity contribution in [1.82, 2.24) is 9.97 Å². The summed E-state index contributed by atoms with van der Waals surface area (Å²) in [4.78, 5) is 7.18. The molecule has 0 fully saturated rings. The number of halogens is 2. The number of nitrogens with one attached hydrogen (secondary N) is 1. The van der Waals surface area contributed by atoms with E-state index < -0.39 is 5.82 Å². The second-order valence-corrected chi connectivity index (χ2v) is 3.98. The molecular weight excluding hydrogens is 236 g/mol. The first-order valence-electron chi connectivity index (χ1n) is 5.34. The maximum atomic E-state index is 13.2. The van der Waals surface area contributed by atoms with Crippen LogP contribution in [0.4, 0.5) is 14.5 Å². The first kappa shape index (κ1) is 10.7. The Morgan fingerprint density at radius 1 is 1.00 bits per heavy atom. The molecule has 0 spiro atoms. The fourth-order valence-electron chi connectivity index (χ4n) is 1.84. The van der Waals surface area contributed by atoms with Crippen LogP contribution in [-0.2, 0) is 0 Å². The lowest BCUT2D eigenvalue weighted by atomic mass is 10.1. The zero-order valence-electron chi connectivity index (χ0n) is 9.24. The molecule has 0 radical (unpaired) electrons. The molecule has 5 heteroatoms. The van der Waals surface area contributed by atoms with Gasteiger partial charge in [0.15, 0.2) is 0 Å². The van der Waals surface area contributed by atoms with Crippen LogP contribution in [0.1, 0.15) is 0 Å². The number of benzene rings is 2. The predicted octanol–water partition coefficient (Wildman–Crippen LogP) is 3.09. The van der Waals surface area contributed by atoms with E-state index in [2.05, 4.69) is 9.97 Å². The van der Waals surface area contributed by atoms with Crippen molar-refractivity contribution in [3.05, 3.63) is 48.0 Å². The first-order chi connectivity index (χ1) is 8.63. The summed E-state index contributed by atoms with van der Waals surface area (Å²) in [5.41, 5.74) is 7.81. The lowest BCUT2D eigenvalue weighted by Crippen LogP contribution is -1.92. The Morgan fingerprint density at radius 2 is 1.72 bits per heavy atom. The normalized spacial score (nSPS) is 11.0. The van der Waals surface area contributed by atoms with Crippen molar-refractivity contribution in [3.8, 4) is 11.4 Å². The average molecular weight is 245 g/mol. The smallest absolute Gasteiger partial charge is 0.140 e. The third-order valence-corrected chi connectivity index (χ3v) is 2.71. The van der Waals surface area contributed by atoms with E-state index in [1.807, 2.05) is 0 Å². The highest BCUT2D eigenvalue weighted by Crippen LogP contribution is 2.26. The highest BCUT2D eigenvalue weighted by molar-refractivity contribution is 5.82. The summed E-state index contributed by atoms with van der Waals surface area (Å²) in [6.45, 7) is 0. The van der Waals surface area contributed by atoms with Crippen LogP contribution in [0.3, 0.4) is 0 Å². The van der Waals surface area contributed by atoms with Gasteiger partial charge in [-0.3, -0.25) is 0 Å². The van der Waals surface area contributed by atoms with Crippen LogP contribution in [0.15, 0.2) is 36.4 Å². The fourth-order valence-corrected chi connectivity index (χ4v) is 1.84. The van der Waals surface area contributed by atoms with Gasteiger partial charge in [-0.1, -0.05) is 0 Å². The van der Waals surface area contributed by atoms with Gasteiger partial charge in [0, 0.05) is 11.3 Å². The molecule has 3 nitrogen and oxygen atoms in total. The van der Waals surface area contributed by atoms with E-state index in [0.29, 0.717) is 28.1 Å². The van der Waals surface area contributed by atoms with Crippen molar-refractivity contribution in [2.24, 2.45) is 0 Å². The summed E-state index contributed by atoms with van der Waals surface area (Å²) < 4.78 is 26.3. The monoisotopic (exact) mass is 245 g/mol. The van der Waals surface area contributed by atoms with Gasteiger partial charge in [0.25, 0.3) is 0 Å². The van der Waals surface area contributed by atoms with Crippen LogP contribution in [0.5, 0.6) is 0 Å². The second-order valence-electron chi connectivity index (χ2n) is 3.98. The topological polar surface area (TPSA) is 54.7 Å². The number of rotatable bonds is 1. The highest BCUT2D eigenvalue weighted by Gasteiger charge is 2.09. The van der Waals surface area contributed by atoms with E-state index in [9.17, 15) is 8.78 Å². The Labute approximate surface area is 101 Å². The summed E-state index contributed by atoms with van der Waals surface area (Å²) in [6, 6.07) is 8.26. The van der Waals surface area contributed by atoms with Crippen molar-refractivity contribution in [1.29, 1.82) is 0 Å². The molecule has 0 bridgehead atoms. The van der Waals surface area contributed by atoms with Crippen LogP contribution in [0.2, 0.25) is 0 Å². The van der Waals surface area contributed by atoms with E-state index >= 15 is 0 Å². The molecule has 0 atom stereocenters. The molecule has 1 heterocycles. The van der Waals surface area contributed by atoms with Gasteiger partial charge in [0.1, 0.15) is 17.5 Å². The number of nitrogen functional groups attached to an aromatic ring is 1. The van der Waals surface area contributed by atoms with Gasteiger partial charge in [-0.05, 0) is 36.4 Å². The number of nitrogens with zero attached hydrogens (tertiary/aromatic N) is 1. The maximum Gasteiger partial charge on any atom is 0.140 e. The number of fused-ring (bicyclic) bond motifs is 1. The van der Waals surface area contributed by atoms with Crippen molar-refractivity contribution < 1.29 is 8.78 Å². The van der Waals surface area contributed by atoms with Crippen LogP contribution < -0.4 is 5.73 Å². The number of H-pyrrole nitrogens is 1. The molecular formula is C13H9F2N3. The van der Waals surface area contributed by atoms with E-state index in [4.69, 9.17) is 5.73 Å². The minimum Gasteiger partial charge on any atom is -0.398 e. The van der Waals surface area contributed by atoms with Crippen LogP contribution in [0, 0.1) is 11.6 Å². The van der Waals surface area contributed by atoms with Gasteiger partial charge in [0.05, 0.1) is 11.0 Å². The molecule has 0 unspecified atom stereocenters.